The molecule has 0 bridgehead atoms. The monoisotopic (exact) mass is 841 g/mol. The standard InChI is InChI=1S/C61H39N5/c1-3-17-40(18-4-1)63-35-36-64(41-19-5-2-6-20-41)59-39-52-50(38-58(59)63)43-21-7-8-25-47(43)60-48(49-27-16-34-62-61(49)52)26-15-31-57(60)66-55-30-14-11-24-46(55)51-37-42(32-33-56(51)66)65-53-28-12-9-22-44(53)45-23-10-13-29-54(45)65/h1-39H. The molecule has 0 spiro atoms. The lowest BCUT2D eigenvalue weighted by Crippen LogP contribution is -2.05. The Morgan fingerprint density at radius 2 is 0.758 bits per heavy atom. The summed E-state index contributed by atoms with van der Waals surface area (Å²) in [5, 5.41) is 12.9. The Bertz CT molecular complexity index is 4280. The Morgan fingerprint density at radius 1 is 0.273 bits per heavy atom. The zero-order valence-electron chi connectivity index (χ0n) is 35.8. The van der Waals surface area contributed by atoms with Gasteiger partial charge in [0.05, 0.1) is 44.3 Å². The van der Waals surface area contributed by atoms with Crippen molar-refractivity contribution in [1.29, 1.82) is 0 Å². The molecular weight excluding hydrogens is 803 g/mol. The largest absolute Gasteiger partial charge is 0.314 e. The molecule has 10 aromatic carbocycles. The van der Waals surface area contributed by atoms with Gasteiger partial charge in [-0.05, 0) is 106 Å². The van der Waals surface area contributed by atoms with Crippen molar-refractivity contribution < 1.29 is 0 Å². The minimum atomic E-state index is 0.954. The molecule has 308 valence electrons. The predicted octanol–water partition coefficient (Wildman–Crippen LogP) is 15.7. The number of hydrogen-bond donors (Lipinski definition) is 0. The molecule has 0 radical (unpaired) electrons. The van der Waals surface area contributed by atoms with Gasteiger partial charge >= 0.3 is 0 Å². The fraction of sp³-hybridized carbons (Fsp3) is 0. The Morgan fingerprint density at radius 3 is 1.41 bits per heavy atom. The first-order valence-corrected chi connectivity index (χ1v) is 22.5. The number of para-hydroxylation sites is 5. The lowest BCUT2D eigenvalue weighted by Gasteiger charge is -2.19. The average molecular weight is 842 g/mol. The van der Waals surface area contributed by atoms with Crippen molar-refractivity contribution in [3.63, 3.8) is 0 Å². The molecule has 66 heavy (non-hydrogen) atoms. The SMILES string of the molecule is c1ccc(-n2ccn(-c3ccccc3)c3cc4c(cc32)c2ccccc2c2c(-n3c5ccccc5c5cc(-n6c7ccccc7c7ccccc76)ccc53)cccc2c2cccnc42)cc1. The van der Waals surface area contributed by atoms with Gasteiger partial charge in [0, 0.05) is 73.4 Å². The summed E-state index contributed by atoms with van der Waals surface area (Å²) in [4.78, 5) is 5.27. The van der Waals surface area contributed by atoms with Crippen molar-refractivity contribution in [2.75, 3.05) is 0 Å². The van der Waals surface area contributed by atoms with Crippen LogP contribution in [0.4, 0.5) is 0 Å². The maximum Gasteiger partial charge on any atom is 0.0787 e. The molecule has 4 heterocycles. The molecule has 0 aliphatic rings. The Balaban J connectivity index is 1.12. The third kappa shape index (κ3) is 5.31. The van der Waals surface area contributed by atoms with Crippen molar-refractivity contribution in [3.8, 4) is 22.7 Å². The van der Waals surface area contributed by atoms with Crippen LogP contribution in [0.25, 0.3) is 121 Å². The summed E-state index contributed by atoms with van der Waals surface area (Å²) in [5.74, 6) is 0. The zero-order valence-corrected chi connectivity index (χ0v) is 35.8. The summed E-state index contributed by atoms with van der Waals surface area (Å²) in [5.41, 5.74) is 12.3. The van der Waals surface area contributed by atoms with Gasteiger partial charge in [-0.2, -0.15) is 0 Å². The highest BCUT2D eigenvalue weighted by Gasteiger charge is 2.20. The van der Waals surface area contributed by atoms with Crippen molar-refractivity contribution in [2.45, 2.75) is 0 Å². The molecule has 5 heteroatoms. The fourth-order valence-corrected chi connectivity index (χ4v) is 10.9. The lowest BCUT2D eigenvalue weighted by atomic mass is 9.95. The number of nitrogens with zero attached hydrogens (tertiary/aromatic N) is 5. The second-order valence-electron chi connectivity index (χ2n) is 17.2. The van der Waals surface area contributed by atoms with E-state index in [4.69, 9.17) is 4.98 Å². The van der Waals surface area contributed by atoms with Crippen molar-refractivity contribution in [1.82, 2.24) is 23.3 Å². The number of benzene rings is 9. The van der Waals surface area contributed by atoms with Gasteiger partial charge in [-0.1, -0.05) is 133 Å². The summed E-state index contributed by atoms with van der Waals surface area (Å²) in [6.45, 7) is 0. The number of aromatic nitrogens is 5. The Kier molecular flexibility index (Phi) is 7.91. The lowest BCUT2D eigenvalue weighted by molar-refractivity contribution is 1.01. The maximum absolute atomic E-state index is 5.27. The van der Waals surface area contributed by atoms with Crippen LogP contribution in [0.3, 0.4) is 0 Å². The van der Waals surface area contributed by atoms with Gasteiger partial charge in [0.15, 0.2) is 0 Å². The first-order valence-electron chi connectivity index (χ1n) is 22.5. The van der Waals surface area contributed by atoms with E-state index in [1.165, 1.54) is 43.4 Å². The second-order valence-corrected chi connectivity index (χ2v) is 17.2. The van der Waals surface area contributed by atoms with Crippen molar-refractivity contribution in [3.05, 3.63) is 237 Å². The maximum atomic E-state index is 5.27. The highest BCUT2D eigenvalue weighted by molar-refractivity contribution is 6.28. The minimum absolute atomic E-state index is 0.954. The Labute approximate surface area is 379 Å². The third-order valence-electron chi connectivity index (χ3n) is 13.7. The predicted molar refractivity (Wildman–Crippen MR) is 277 cm³/mol. The molecule has 0 aliphatic heterocycles. The first-order chi connectivity index (χ1) is 32.8. The number of rotatable bonds is 4. The molecule has 4 aromatic heterocycles. The van der Waals surface area contributed by atoms with Gasteiger partial charge in [0.1, 0.15) is 0 Å². The molecule has 0 saturated heterocycles. The van der Waals surface area contributed by atoms with E-state index in [2.05, 4.69) is 249 Å². The summed E-state index contributed by atoms with van der Waals surface area (Å²) in [6, 6.07) is 79.4. The van der Waals surface area contributed by atoms with Crippen LogP contribution in [-0.2, 0) is 0 Å². The summed E-state index contributed by atoms with van der Waals surface area (Å²) < 4.78 is 9.50. The van der Waals surface area contributed by atoms with E-state index >= 15 is 0 Å². The number of hydrogen-bond acceptors (Lipinski definition) is 1. The van der Waals surface area contributed by atoms with Gasteiger partial charge in [-0.15, -0.1) is 0 Å². The molecule has 0 amide bonds. The smallest absolute Gasteiger partial charge is 0.0787 e. The molecule has 14 aromatic rings. The zero-order chi connectivity index (χ0) is 43.3. The summed E-state index contributed by atoms with van der Waals surface area (Å²) in [6.07, 6.45) is 6.29. The summed E-state index contributed by atoms with van der Waals surface area (Å²) in [7, 11) is 0. The summed E-state index contributed by atoms with van der Waals surface area (Å²) >= 11 is 0. The van der Waals surface area contributed by atoms with Gasteiger partial charge in [0.25, 0.3) is 0 Å². The van der Waals surface area contributed by atoms with E-state index < -0.39 is 0 Å². The molecule has 0 N–H and O–H groups in total. The quantitative estimate of drug-likeness (QED) is 0.174. The van der Waals surface area contributed by atoms with Crippen LogP contribution in [-0.4, -0.2) is 23.3 Å². The van der Waals surface area contributed by atoms with Gasteiger partial charge in [0.2, 0.25) is 0 Å². The Hall–Kier alpha value is -8.93. The average Bonchev–Trinajstić information content (AvgIpc) is 3.90. The first kappa shape index (κ1) is 36.5. The number of fused-ring (bicyclic) bond motifs is 15. The number of pyridine rings is 1. The second kappa shape index (κ2) is 14.3. The van der Waals surface area contributed by atoms with Crippen LogP contribution in [0.5, 0.6) is 0 Å². The molecule has 0 unspecified atom stereocenters. The molecular formula is C61H39N5. The van der Waals surface area contributed by atoms with Crippen LogP contribution < -0.4 is 0 Å². The van der Waals surface area contributed by atoms with Gasteiger partial charge in [-0.25, -0.2) is 0 Å². The van der Waals surface area contributed by atoms with Crippen LogP contribution in [0.1, 0.15) is 0 Å². The van der Waals surface area contributed by atoms with Crippen LogP contribution in [0, 0.1) is 0 Å². The topological polar surface area (TPSA) is 32.6 Å². The third-order valence-corrected chi connectivity index (χ3v) is 13.7. The van der Waals surface area contributed by atoms with Gasteiger partial charge < -0.3 is 18.3 Å². The van der Waals surface area contributed by atoms with Crippen LogP contribution >= 0.6 is 0 Å². The van der Waals surface area contributed by atoms with E-state index in [9.17, 15) is 0 Å². The van der Waals surface area contributed by atoms with Gasteiger partial charge in [-0.3, -0.25) is 4.98 Å². The molecule has 0 aliphatic carbocycles. The van der Waals surface area contributed by atoms with E-state index in [1.54, 1.807) is 0 Å². The van der Waals surface area contributed by atoms with Crippen LogP contribution in [0.2, 0.25) is 0 Å². The molecule has 0 atom stereocenters. The highest BCUT2D eigenvalue weighted by Crippen LogP contribution is 2.43. The van der Waals surface area contributed by atoms with Crippen molar-refractivity contribution >= 4 is 97.9 Å². The van der Waals surface area contributed by atoms with E-state index in [-0.39, 0.29) is 0 Å². The van der Waals surface area contributed by atoms with E-state index in [0.717, 1.165) is 77.3 Å². The molecule has 14 rings (SSSR count). The van der Waals surface area contributed by atoms with Crippen LogP contribution in [0.15, 0.2) is 237 Å². The van der Waals surface area contributed by atoms with Crippen molar-refractivity contribution in [2.24, 2.45) is 0 Å². The molecule has 0 fully saturated rings. The minimum Gasteiger partial charge on any atom is -0.314 e. The van der Waals surface area contributed by atoms with E-state index in [1.807, 2.05) is 6.20 Å². The normalized spacial score (nSPS) is 11.9. The molecule has 0 saturated carbocycles. The highest BCUT2D eigenvalue weighted by atomic mass is 15.1. The van der Waals surface area contributed by atoms with E-state index in [0.29, 0.717) is 0 Å². The fourth-order valence-electron chi connectivity index (χ4n) is 10.9. The molecule has 5 nitrogen and oxygen atoms in total.